The second-order valence-electron chi connectivity index (χ2n) is 7.02. The third kappa shape index (κ3) is 3.12. The average Bonchev–Trinajstić information content (AvgIpc) is 2.73. The molecule has 1 unspecified atom stereocenters. The molecule has 0 aliphatic carbocycles. The predicted octanol–water partition coefficient (Wildman–Crippen LogP) is 3.59. The van der Waals surface area contributed by atoms with Gasteiger partial charge in [0.1, 0.15) is 21.7 Å². The summed E-state index contributed by atoms with van der Waals surface area (Å²) in [4.78, 5) is 17.5. The minimum Gasteiger partial charge on any atom is -0.307 e. The number of nitrogens with zero attached hydrogens (tertiary/aromatic N) is 3. The molecule has 0 saturated carbocycles. The maximum atomic E-state index is 13.3. The molecule has 1 aromatic carbocycles. The summed E-state index contributed by atoms with van der Waals surface area (Å²) in [5, 5.41) is 9.24. The van der Waals surface area contributed by atoms with Crippen molar-refractivity contribution in [2.45, 2.75) is 36.1 Å². The lowest BCUT2D eigenvalue weighted by Gasteiger charge is -2.19. The van der Waals surface area contributed by atoms with Gasteiger partial charge in [0.15, 0.2) is 0 Å². The van der Waals surface area contributed by atoms with E-state index in [9.17, 15) is 13.2 Å². The van der Waals surface area contributed by atoms with Crippen LogP contribution in [0.15, 0.2) is 69.3 Å². The average molecular weight is 443 g/mol. The molecule has 0 bridgehead atoms. The Morgan fingerprint density at radius 3 is 2.53 bits per heavy atom. The van der Waals surface area contributed by atoms with Gasteiger partial charge in [0.2, 0.25) is 9.84 Å². The number of pyridine rings is 2. The summed E-state index contributed by atoms with van der Waals surface area (Å²) in [5.41, 5.74) is 0.125. The van der Waals surface area contributed by atoms with Crippen molar-refractivity contribution in [3.63, 3.8) is 0 Å². The molecule has 4 aromatic rings. The van der Waals surface area contributed by atoms with Crippen molar-refractivity contribution in [3.8, 4) is 0 Å². The van der Waals surface area contributed by atoms with Crippen molar-refractivity contribution < 1.29 is 8.42 Å². The molecule has 0 radical (unpaired) electrons. The summed E-state index contributed by atoms with van der Waals surface area (Å²) in [6, 6.07) is 11.9. The Hall–Kier alpha value is -2.97. The van der Waals surface area contributed by atoms with Crippen LogP contribution in [0.2, 0.25) is 5.02 Å². The monoisotopic (exact) mass is 442 g/mol. The molecule has 1 N–H and O–H groups in total. The van der Waals surface area contributed by atoms with Gasteiger partial charge in [0.25, 0.3) is 5.56 Å². The second kappa shape index (κ2) is 7.37. The SMILES string of the molecule is CCC(C)n1c(=N)c(S(=O)(=O)c2ccc(Cl)cc2)cc2c(=O)n3ccccc3nc21. The highest BCUT2D eigenvalue weighted by Crippen LogP contribution is 2.24. The van der Waals surface area contributed by atoms with Gasteiger partial charge in [-0.2, -0.15) is 0 Å². The standard InChI is InChI=1S/C21H19ClN4O3S/c1-3-13(2)26-19(23)17(30(28,29)15-9-7-14(22)8-10-15)12-16-20(26)24-18-6-4-5-11-25(18)21(16)27/h4-13,23H,3H2,1-2H3. The molecule has 4 rings (SSSR count). The number of halogens is 1. The highest BCUT2D eigenvalue weighted by atomic mass is 35.5. The van der Waals surface area contributed by atoms with Gasteiger partial charge in [0, 0.05) is 17.3 Å². The Bertz CT molecular complexity index is 1510. The first-order valence-corrected chi connectivity index (χ1v) is 11.2. The second-order valence-corrected chi connectivity index (χ2v) is 9.38. The van der Waals surface area contributed by atoms with Gasteiger partial charge in [-0.3, -0.25) is 14.6 Å². The predicted molar refractivity (Wildman–Crippen MR) is 115 cm³/mol. The van der Waals surface area contributed by atoms with Crippen LogP contribution in [-0.4, -0.2) is 22.4 Å². The number of benzene rings is 1. The van der Waals surface area contributed by atoms with Crippen molar-refractivity contribution in [3.05, 3.63) is 75.6 Å². The maximum absolute atomic E-state index is 13.3. The lowest BCUT2D eigenvalue weighted by Crippen LogP contribution is -2.31. The quantitative estimate of drug-likeness (QED) is 0.488. The fourth-order valence-electron chi connectivity index (χ4n) is 3.38. The maximum Gasteiger partial charge on any atom is 0.267 e. The molecule has 0 spiro atoms. The molecule has 0 saturated heterocycles. The number of hydrogen-bond acceptors (Lipinski definition) is 5. The highest BCUT2D eigenvalue weighted by Gasteiger charge is 2.25. The Balaban J connectivity index is 2.16. The van der Waals surface area contributed by atoms with E-state index in [4.69, 9.17) is 17.0 Å². The number of hydrogen-bond donors (Lipinski definition) is 1. The van der Waals surface area contributed by atoms with Crippen LogP contribution in [0.5, 0.6) is 0 Å². The molecule has 7 nitrogen and oxygen atoms in total. The van der Waals surface area contributed by atoms with Crippen molar-refractivity contribution >= 4 is 38.1 Å². The summed E-state index contributed by atoms with van der Waals surface area (Å²) >= 11 is 5.89. The van der Waals surface area contributed by atoms with Gasteiger partial charge in [-0.25, -0.2) is 13.4 Å². The Morgan fingerprint density at radius 1 is 1.17 bits per heavy atom. The molecule has 0 fully saturated rings. The molecule has 3 heterocycles. The normalized spacial score (nSPS) is 13.0. The molecular weight excluding hydrogens is 424 g/mol. The number of fused-ring (bicyclic) bond motifs is 2. The molecule has 30 heavy (non-hydrogen) atoms. The van der Waals surface area contributed by atoms with E-state index in [1.54, 1.807) is 24.4 Å². The third-order valence-electron chi connectivity index (χ3n) is 5.17. The van der Waals surface area contributed by atoms with E-state index < -0.39 is 9.84 Å². The molecular formula is C21H19ClN4O3S. The van der Waals surface area contributed by atoms with Crippen LogP contribution in [0, 0.1) is 5.41 Å². The summed E-state index contributed by atoms with van der Waals surface area (Å²) in [6.45, 7) is 3.79. The minimum absolute atomic E-state index is 0.00398. The minimum atomic E-state index is -4.06. The Kier molecular flexibility index (Phi) is 4.99. The number of nitrogens with one attached hydrogen (secondary N) is 1. The molecule has 1 atom stereocenters. The van der Waals surface area contributed by atoms with Crippen LogP contribution in [0.4, 0.5) is 0 Å². The van der Waals surface area contributed by atoms with Crippen molar-refractivity contribution in [1.29, 1.82) is 5.41 Å². The van der Waals surface area contributed by atoms with Crippen LogP contribution in [-0.2, 0) is 9.84 Å². The van der Waals surface area contributed by atoms with Gasteiger partial charge in [0.05, 0.1) is 10.3 Å². The fraction of sp³-hybridized carbons (Fsp3) is 0.190. The Morgan fingerprint density at radius 2 is 1.87 bits per heavy atom. The zero-order valence-electron chi connectivity index (χ0n) is 16.3. The summed E-state index contributed by atoms with van der Waals surface area (Å²) < 4.78 is 29.6. The molecule has 3 aromatic heterocycles. The van der Waals surface area contributed by atoms with Gasteiger partial charge >= 0.3 is 0 Å². The van der Waals surface area contributed by atoms with E-state index in [0.717, 1.165) is 0 Å². The Labute approximate surface area is 177 Å². The van der Waals surface area contributed by atoms with Gasteiger partial charge in [-0.1, -0.05) is 24.6 Å². The van der Waals surface area contributed by atoms with Crippen LogP contribution in [0.3, 0.4) is 0 Å². The first-order chi connectivity index (χ1) is 14.3. The first kappa shape index (κ1) is 20.3. The van der Waals surface area contributed by atoms with Crippen LogP contribution < -0.4 is 11.0 Å². The lowest BCUT2D eigenvalue weighted by atomic mass is 10.2. The highest BCUT2D eigenvalue weighted by molar-refractivity contribution is 7.91. The van der Waals surface area contributed by atoms with E-state index >= 15 is 0 Å². The smallest absolute Gasteiger partial charge is 0.267 e. The van der Waals surface area contributed by atoms with Crippen molar-refractivity contribution in [1.82, 2.24) is 14.0 Å². The fourth-order valence-corrected chi connectivity index (χ4v) is 4.88. The van der Waals surface area contributed by atoms with E-state index in [-0.39, 0.29) is 32.3 Å². The lowest BCUT2D eigenvalue weighted by molar-refractivity contribution is 0.508. The van der Waals surface area contributed by atoms with Gasteiger partial charge in [-0.15, -0.1) is 0 Å². The van der Waals surface area contributed by atoms with Crippen molar-refractivity contribution in [2.24, 2.45) is 0 Å². The number of sulfone groups is 1. The summed E-state index contributed by atoms with van der Waals surface area (Å²) in [6.07, 6.45) is 2.21. The third-order valence-corrected chi connectivity index (χ3v) is 7.21. The number of aromatic nitrogens is 3. The van der Waals surface area contributed by atoms with Crippen LogP contribution in [0.25, 0.3) is 16.7 Å². The first-order valence-electron chi connectivity index (χ1n) is 9.37. The summed E-state index contributed by atoms with van der Waals surface area (Å²) in [7, 11) is -4.06. The van der Waals surface area contributed by atoms with Crippen LogP contribution in [0.1, 0.15) is 26.3 Å². The van der Waals surface area contributed by atoms with E-state index in [0.29, 0.717) is 22.7 Å². The van der Waals surface area contributed by atoms with Gasteiger partial charge in [-0.05, 0) is 55.8 Å². The molecule has 0 amide bonds. The summed E-state index contributed by atoms with van der Waals surface area (Å²) in [5.74, 6) is 0. The van der Waals surface area contributed by atoms with Gasteiger partial charge < -0.3 is 4.57 Å². The topological polar surface area (TPSA) is 97.3 Å². The van der Waals surface area contributed by atoms with E-state index in [1.807, 2.05) is 13.8 Å². The van der Waals surface area contributed by atoms with Crippen LogP contribution >= 0.6 is 11.6 Å². The van der Waals surface area contributed by atoms with E-state index in [1.165, 1.54) is 39.3 Å². The molecule has 154 valence electrons. The molecule has 9 heteroatoms. The zero-order valence-corrected chi connectivity index (χ0v) is 17.9. The van der Waals surface area contributed by atoms with Crippen molar-refractivity contribution in [2.75, 3.05) is 0 Å². The molecule has 0 aliphatic heterocycles. The van der Waals surface area contributed by atoms with E-state index in [2.05, 4.69) is 4.98 Å². The largest absolute Gasteiger partial charge is 0.307 e. The molecule has 0 aliphatic rings. The zero-order chi connectivity index (χ0) is 21.6. The number of rotatable bonds is 4.